The van der Waals surface area contributed by atoms with Crippen LogP contribution in [0.15, 0.2) is 47.3 Å². The molecule has 0 aliphatic rings. The van der Waals surface area contributed by atoms with Crippen LogP contribution >= 0.6 is 0 Å². The van der Waals surface area contributed by atoms with Crippen molar-refractivity contribution in [3.63, 3.8) is 0 Å². The number of hydrogen-bond donors (Lipinski definition) is 1. The molecule has 0 aliphatic heterocycles. The van der Waals surface area contributed by atoms with Crippen LogP contribution < -0.4 is 10.5 Å². The van der Waals surface area contributed by atoms with E-state index in [2.05, 4.69) is 22.4 Å². The van der Waals surface area contributed by atoms with E-state index >= 15 is 0 Å². The smallest absolute Gasteiger partial charge is 0.214 e. The fourth-order valence-electron chi connectivity index (χ4n) is 2.63. The lowest BCUT2D eigenvalue weighted by Gasteiger charge is -2.04. The number of tetrazole rings is 1. The lowest BCUT2D eigenvalue weighted by molar-refractivity contribution is -0.718. The number of nitrogens with one attached hydrogen (secondary N) is 1. The van der Waals surface area contributed by atoms with Crippen molar-refractivity contribution in [2.45, 2.75) is 20.8 Å². The summed E-state index contributed by atoms with van der Waals surface area (Å²) in [6.07, 6.45) is 0. The van der Waals surface area contributed by atoms with E-state index in [1.165, 1.54) is 15.0 Å². The molecular formula is C16H17N4O+. The van der Waals surface area contributed by atoms with E-state index in [-0.39, 0.29) is 5.69 Å². The van der Waals surface area contributed by atoms with Crippen molar-refractivity contribution in [3.8, 4) is 11.4 Å². The summed E-state index contributed by atoms with van der Waals surface area (Å²) in [6, 6.07) is 13.6. The number of aromatic nitrogens is 4. The highest BCUT2D eigenvalue weighted by atomic mass is 16.2. The maximum Gasteiger partial charge on any atom is 0.471 e. The van der Waals surface area contributed by atoms with Gasteiger partial charge in [0.1, 0.15) is 5.21 Å². The zero-order valence-corrected chi connectivity index (χ0v) is 12.3. The molecule has 106 valence electrons. The number of para-hydroxylation sites is 1. The van der Waals surface area contributed by atoms with Crippen LogP contribution in [0.1, 0.15) is 16.7 Å². The predicted molar refractivity (Wildman–Crippen MR) is 79.9 cm³/mol. The number of H-pyrrole nitrogens is 1. The van der Waals surface area contributed by atoms with Crippen LogP contribution in [0.5, 0.6) is 0 Å². The number of aryl methyl sites for hydroxylation is 3. The van der Waals surface area contributed by atoms with Crippen molar-refractivity contribution < 1.29 is 4.80 Å². The van der Waals surface area contributed by atoms with E-state index in [1.807, 2.05) is 51.1 Å². The monoisotopic (exact) mass is 281 g/mol. The quantitative estimate of drug-likeness (QED) is 0.728. The van der Waals surface area contributed by atoms with Gasteiger partial charge in [0.25, 0.3) is 0 Å². The summed E-state index contributed by atoms with van der Waals surface area (Å²) in [5, 5.41) is 7.11. The minimum Gasteiger partial charge on any atom is -0.214 e. The van der Waals surface area contributed by atoms with Crippen LogP contribution in [0.2, 0.25) is 0 Å². The average molecular weight is 281 g/mol. The summed E-state index contributed by atoms with van der Waals surface area (Å²) in [5.41, 5.74) is 4.62. The summed E-state index contributed by atoms with van der Waals surface area (Å²) in [5.74, 6) is 0. The minimum atomic E-state index is -0.256. The van der Waals surface area contributed by atoms with Gasteiger partial charge >= 0.3 is 5.69 Å². The molecule has 1 N–H and O–H groups in total. The molecule has 0 saturated carbocycles. The van der Waals surface area contributed by atoms with E-state index in [0.29, 0.717) is 0 Å². The molecule has 5 heteroatoms. The first-order valence-corrected chi connectivity index (χ1v) is 6.81. The predicted octanol–water partition coefficient (Wildman–Crippen LogP) is 1.76. The lowest BCUT2D eigenvalue weighted by atomic mass is 10.1. The molecule has 2 aromatic carbocycles. The Kier molecular flexibility index (Phi) is 3.17. The second kappa shape index (κ2) is 5.01. The van der Waals surface area contributed by atoms with Gasteiger partial charge in [-0.1, -0.05) is 35.9 Å². The van der Waals surface area contributed by atoms with Crippen LogP contribution in [0, 0.1) is 20.8 Å². The third kappa shape index (κ3) is 2.38. The SMILES string of the molecule is Cc1cc(C)c(-n2n[n+](-c3ccccc3)[nH]c2=O)c(C)c1. The first kappa shape index (κ1) is 13.3. The van der Waals surface area contributed by atoms with Crippen molar-refractivity contribution in [2.75, 3.05) is 0 Å². The van der Waals surface area contributed by atoms with Gasteiger partial charge in [0.15, 0.2) is 11.4 Å². The molecule has 21 heavy (non-hydrogen) atoms. The molecule has 3 rings (SSSR count). The molecule has 3 aromatic rings. The van der Waals surface area contributed by atoms with Gasteiger partial charge in [-0.2, -0.15) is 0 Å². The second-order valence-corrected chi connectivity index (χ2v) is 5.21. The van der Waals surface area contributed by atoms with Crippen molar-refractivity contribution in [3.05, 3.63) is 69.6 Å². The lowest BCUT2D eigenvalue weighted by Crippen LogP contribution is -2.37. The molecule has 1 aromatic heterocycles. The van der Waals surface area contributed by atoms with Gasteiger partial charge in [-0.3, -0.25) is 0 Å². The van der Waals surface area contributed by atoms with Gasteiger partial charge in [-0.15, -0.1) is 5.10 Å². The van der Waals surface area contributed by atoms with E-state index < -0.39 is 0 Å². The molecule has 0 bridgehead atoms. The fourth-order valence-corrected chi connectivity index (χ4v) is 2.63. The van der Waals surface area contributed by atoms with Gasteiger partial charge < -0.3 is 0 Å². The van der Waals surface area contributed by atoms with E-state index in [0.717, 1.165) is 22.5 Å². The number of rotatable bonds is 2. The molecule has 0 aliphatic carbocycles. The summed E-state index contributed by atoms with van der Waals surface area (Å²) in [7, 11) is 0. The molecular weight excluding hydrogens is 264 g/mol. The van der Waals surface area contributed by atoms with Gasteiger partial charge in [-0.25, -0.2) is 4.79 Å². The van der Waals surface area contributed by atoms with Crippen molar-refractivity contribution in [1.29, 1.82) is 0 Å². The number of nitrogens with zero attached hydrogens (tertiary/aromatic N) is 3. The Bertz CT molecular complexity index is 823. The maximum atomic E-state index is 12.2. The summed E-state index contributed by atoms with van der Waals surface area (Å²) < 4.78 is 1.41. The molecule has 0 saturated heterocycles. The number of aromatic amines is 1. The number of benzene rings is 2. The summed E-state index contributed by atoms with van der Waals surface area (Å²) in [4.78, 5) is 13.7. The molecule has 0 fully saturated rings. The zero-order valence-electron chi connectivity index (χ0n) is 12.3. The van der Waals surface area contributed by atoms with Crippen LogP contribution in [-0.2, 0) is 0 Å². The Morgan fingerprint density at radius 1 is 1.05 bits per heavy atom. The van der Waals surface area contributed by atoms with E-state index in [9.17, 15) is 4.79 Å². The van der Waals surface area contributed by atoms with Crippen molar-refractivity contribution >= 4 is 0 Å². The average Bonchev–Trinajstić information content (AvgIpc) is 2.81. The van der Waals surface area contributed by atoms with Crippen LogP contribution in [0.4, 0.5) is 0 Å². The Morgan fingerprint density at radius 3 is 2.29 bits per heavy atom. The van der Waals surface area contributed by atoms with Crippen molar-refractivity contribution in [1.82, 2.24) is 15.0 Å². The highest BCUT2D eigenvalue weighted by molar-refractivity contribution is 5.48. The highest BCUT2D eigenvalue weighted by Crippen LogP contribution is 2.18. The first-order valence-electron chi connectivity index (χ1n) is 6.81. The Hall–Kier alpha value is -2.69. The van der Waals surface area contributed by atoms with Gasteiger partial charge in [0.05, 0.1) is 0 Å². The Morgan fingerprint density at radius 2 is 1.67 bits per heavy atom. The third-order valence-corrected chi connectivity index (χ3v) is 3.42. The normalized spacial score (nSPS) is 10.8. The molecule has 0 unspecified atom stereocenters. The van der Waals surface area contributed by atoms with Gasteiger partial charge in [-0.05, 0) is 53.5 Å². The maximum absolute atomic E-state index is 12.2. The molecule has 5 nitrogen and oxygen atoms in total. The minimum absolute atomic E-state index is 0.256. The molecule has 1 heterocycles. The van der Waals surface area contributed by atoms with Crippen LogP contribution in [-0.4, -0.2) is 15.0 Å². The summed E-state index contributed by atoms with van der Waals surface area (Å²) in [6.45, 7) is 6.02. The Balaban J connectivity index is 2.18. The standard InChI is InChI=1S/C16H16N4O/c1-11-9-12(2)15(13(3)10-11)19-16(21)17-20(18-19)14-7-5-4-6-8-14/h4-10H,1-3H3/p+1. The Labute approximate surface area is 122 Å². The van der Waals surface area contributed by atoms with E-state index in [1.54, 1.807) is 0 Å². The zero-order chi connectivity index (χ0) is 15.0. The number of hydrogen-bond acceptors (Lipinski definition) is 2. The van der Waals surface area contributed by atoms with Crippen LogP contribution in [0.3, 0.4) is 0 Å². The highest BCUT2D eigenvalue weighted by Gasteiger charge is 2.20. The first-order chi connectivity index (χ1) is 10.1. The van der Waals surface area contributed by atoms with Crippen LogP contribution in [0.25, 0.3) is 11.4 Å². The van der Waals surface area contributed by atoms with Gasteiger partial charge in [0, 0.05) is 0 Å². The fraction of sp³-hybridized carbons (Fsp3) is 0.188. The summed E-state index contributed by atoms with van der Waals surface area (Å²) >= 11 is 0. The molecule has 0 spiro atoms. The molecule has 0 atom stereocenters. The van der Waals surface area contributed by atoms with E-state index in [4.69, 9.17) is 0 Å². The largest absolute Gasteiger partial charge is 0.471 e. The second-order valence-electron chi connectivity index (χ2n) is 5.21. The van der Waals surface area contributed by atoms with Crippen molar-refractivity contribution in [2.24, 2.45) is 0 Å². The third-order valence-electron chi connectivity index (χ3n) is 3.42. The topological polar surface area (TPSA) is 54.6 Å². The van der Waals surface area contributed by atoms with Gasteiger partial charge in [0.2, 0.25) is 0 Å². The molecule has 0 radical (unpaired) electrons. The molecule has 0 amide bonds.